The molecular formula is C6H32Si10. The van der Waals surface area contributed by atoms with E-state index < -0.39 is 0 Å². The van der Waals surface area contributed by atoms with Gasteiger partial charge in [0.25, 0.3) is 0 Å². The maximum absolute atomic E-state index is 2.90. The lowest BCUT2D eigenvalue weighted by Gasteiger charge is -2.22. The van der Waals surface area contributed by atoms with Crippen molar-refractivity contribution in [3.63, 3.8) is 0 Å². The highest BCUT2D eigenvalue weighted by molar-refractivity contribution is 7.81. The first-order valence-electron chi connectivity index (χ1n) is 7.63. The van der Waals surface area contributed by atoms with Crippen LogP contribution in [0.1, 0.15) is 0 Å². The van der Waals surface area contributed by atoms with Crippen molar-refractivity contribution < 1.29 is 0 Å². The van der Waals surface area contributed by atoms with E-state index >= 15 is 0 Å². The molecule has 10 heteroatoms. The zero-order valence-electron chi connectivity index (χ0n) is 12.0. The summed E-state index contributed by atoms with van der Waals surface area (Å²) in [5, 5.41) is 0. The van der Waals surface area contributed by atoms with Crippen LogP contribution in [-0.4, -0.2) is 88.0 Å². The zero-order valence-corrected chi connectivity index (χ0v) is 25.9. The second-order valence-corrected chi connectivity index (χ2v) is 76.7. The molecule has 0 nitrogen and oxygen atoms in total. The summed E-state index contributed by atoms with van der Waals surface area (Å²) in [7, 11) is 6.13. The third kappa shape index (κ3) is 6.37. The molecule has 16 heavy (non-hydrogen) atoms. The third-order valence-corrected chi connectivity index (χ3v) is 151. The molecule has 0 radical (unpaired) electrons. The second kappa shape index (κ2) is 9.13. The van der Waals surface area contributed by atoms with Crippen LogP contribution in [0.15, 0.2) is 0 Å². The van der Waals surface area contributed by atoms with Crippen LogP contribution in [0.25, 0.3) is 0 Å². The zero-order chi connectivity index (χ0) is 12.0. The molecule has 0 aliphatic carbocycles. The lowest BCUT2D eigenvalue weighted by atomic mass is 11.8. The summed E-state index contributed by atoms with van der Waals surface area (Å²) in [6.45, 7) is 8.20. The van der Waals surface area contributed by atoms with Gasteiger partial charge in [-0.25, -0.2) is 0 Å². The number of rotatable bonds is 5. The average Bonchev–Trinajstić information content (AvgIpc) is 2.43. The Morgan fingerprint density at radius 1 is 1.31 bits per heavy atom. The Kier molecular flexibility index (Phi) is 9.26. The monoisotopic (exact) mass is 384 g/mol. The Morgan fingerprint density at radius 3 is 2.75 bits per heavy atom. The van der Waals surface area contributed by atoms with Gasteiger partial charge in [0.15, 0.2) is 0 Å². The molecule has 1 fully saturated rings. The summed E-state index contributed by atoms with van der Waals surface area (Å²) in [6.07, 6.45) is 0. The van der Waals surface area contributed by atoms with E-state index in [4.69, 9.17) is 0 Å². The Hall–Kier alpha value is 2.17. The van der Waals surface area contributed by atoms with Crippen molar-refractivity contribution in [1.82, 2.24) is 0 Å². The highest BCUT2D eigenvalue weighted by Crippen LogP contribution is 2.06. The molecule has 1 aliphatic rings. The topological polar surface area (TPSA) is 0 Å². The van der Waals surface area contributed by atoms with Crippen LogP contribution in [0.3, 0.4) is 0 Å². The quantitative estimate of drug-likeness (QED) is 0.415. The van der Waals surface area contributed by atoms with Crippen molar-refractivity contribution in [2.24, 2.45) is 0 Å². The van der Waals surface area contributed by atoms with E-state index in [1.54, 1.807) is 15.0 Å². The molecule has 0 amide bonds. The number of hydrogen-bond acceptors (Lipinski definition) is 0. The van der Waals surface area contributed by atoms with Gasteiger partial charge in [-0.1, -0.05) is 35.8 Å². The summed E-state index contributed by atoms with van der Waals surface area (Å²) >= 11 is 0. The minimum absolute atomic E-state index is 0.0242. The second-order valence-electron chi connectivity index (χ2n) is 6.48. The molecule has 0 saturated carbocycles. The maximum atomic E-state index is 2.90. The Labute approximate surface area is 123 Å². The van der Waals surface area contributed by atoms with E-state index in [2.05, 4.69) is 19.6 Å². The Balaban J connectivity index is 2.31. The average molecular weight is 385 g/mol. The molecule has 96 valence electrons. The van der Waals surface area contributed by atoms with Crippen LogP contribution >= 0.6 is 0 Å². The molecule has 0 aromatic heterocycles. The van der Waals surface area contributed by atoms with E-state index in [1.807, 2.05) is 11.3 Å². The van der Waals surface area contributed by atoms with Gasteiger partial charge in [0.05, 0.1) is 0 Å². The van der Waals surface area contributed by atoms with Crippen LogP contribution < -0.4 is 0 Å². The van der Waals surface area contributed by atoms with Crippen molar-refractivity contribution in [1.29, 1.82) is 0 Å². The first-order chi connectivity index (χ1) is 7.63. The van der Waals surface area contributed by atoms with Gasteiger partial charge >= 0.3 is 0 Å². The highest BCUT2D eigenvalue weighted by atomic mass is 30.1. The molecule has 0 N–H and O–H groups in total. The van der Waals surface area contributed by atoms with Crippen LogP contribution in [0, 0.1) is 0 Å². The van der Waals surface area contributed by atoms with Crippen LogP contribution in [-0.2, 0) is 0 Å². The van der Waals surface area contributed by atoms with Gasteiger partial charge in [-0.15, -0.1) is 0 Å². The minimum Gasteiger partial charge on any atom is -0.0772 e. The summed E-state index contributed by atoms with van der Waals surface area (Å²) < 4.78 is 0. The molecular weight excluding hydrogens is 353 g/mol. The van der Waals surface area contributed by atoms with E-state index in [9.17, 15) is 0 Å². The number of hydrogen-bond donors (Lipinski definition) is 0. The molecule has 1 heterocycles. The van der Waals surface area contributed by atoms with Crippen LogP contribution in [0.5, 0.6) is 0 Å². The van der Waals surface area contributed by atoms with E-state index in [0.29, 0.717) is 18.6 Å². The van der Waals surface area contributed by atoms with Crippen molar-refractivity contribution in [3.05, 3.63) is 0 Å². The first-order valence-corrected chi connectivity index (χ1v) is 38.8. The molecule has 0 aromatic rings. The largest absolute Gasteiger partial charge is 0.0772 e. The lowest BCUT2D eigenvalue weighted by Crippen LogP contribution is -2.49. The fraction of sp³-hybridized carbons (Fsp3) is 1.00. The normalized spacial score (nSPS) is 39.2. The summed E-state index contributed by atoms with van der Waals surface area (Å²) in [6, 6.07) is 0. The van der Waals surface area contributed by atoms with E-state index in [1.165, 1.54) is 0 Å². The predicted octanol–water partition coefficient (Wildman–Crippen LogP) is -5.62. The van der Waals surface area contributed by atoms with Gasteiger partial charge in [0.1, 0.15) is 0 Å². The summed E-state index contributed by atoms with van der Waals surface area (Å²) in [5.41, 5.74) is 3.81. The molecule has 1 saturated heterocycles. The molecule has 4 atom stereocenters. The van der Waals surface area contributed by atoms with Crippen molar-refractivity contribution >= 4 is 88.0 Å². The predicted molar refractivity (Wildman–Crippen MR) is 114 cm³/mol. The standard InChI is InChI=1S/C6H32Si10/c1-8-4-14(2)5-15(3)16-12-10-6(7)9-11-13-16/h6,14-16H,4-5,8-13H2,1-3,7H3. The smallest absolute Gasteiger partial charge is 0.0274 e. The van der Waals surface area contributed by atoms with Crippen molar-refractivity contribution in [2.45, 2.75) is 35.8 Å². The minimum atomic E-state index is -0.108. The van der Waals surface area contributed by atoms with Crippen molar-refractivity contribution in [2.75, 3.05) is 0 Å². The molecule has 0 bridgehead atoms. The molecule has 0 aromatic carbocycles. The Morgan fingerprint density at radius 2 is 2.06 bits per heavy atom. The van der Waals surface area contributed by atoms with Gasteiger partial charge < -0.3 is 0 Å². The molecule has 4 unspecified atom stereocenters. The van der Waals surface area contributed by atoms with Gasteiger partial charge in [0.2, 0.25) is 0 Å². The van der Waals surface area contributed by atoms with Gasteiger partial charge in [-0.05, 0) is 43.3 Å². The SMILES string of the molecule is C[SiH2]C[SiH](C)C[SiH](C)[SiH]1[SiH2][SiH2][SiH2]C([SiH3])[SiH2][SiH2]1. The lowest BCUT2D eigenvalue weighted by molar-refractivity contribution is 1.70. The van der Waals surface area contributed by atoms with E-state index in [-0.39, 0.29) is 24.5 Å². The van der Waals surface area contributed by atoms with Gasteiger partial charge in [-0.2, -0.15) is 0 Å². The fourth-order valence-corrected chi connectivity index (χ4v) is 268. The summed E-state index contributed by atoms with van der Waals surface area (Å²) in [5.74, 6) is 0. The van der Waals surface area contributed by atoms with E-state index in [0.717, 1.165) is 34.7 Å². The van der Waals surface area contributed by atoms with Crippen molar-refractivity contribution in [3.8, 4) is 0 Å². The molecule has 1 aliphatic heterocycles. The fourth-order valence-electron chi connectivity index (χ4n) is 3.52. The van der Waals surface area contributed by atoms with Gasteiger partial charge in [0, 0.05) is 44.7 Å². The van der Waals surface area contributed by atoms with Crippen LogP contribution in [0.2, 0.25) is 35.8 Å². The summed E-state index contributed by atoms with van der Waals surface area (Å²) in [4.78, 5) is 1.64. The molecule has 0 spiro atoms. The molecule has 1 rings (SSSR count). The first kappa shape index (κ1) is 16.2. The third-order valence-electron chi connectivity index (χ3n) is 4.66. The van der Waals surface area contributed by atoms with Crippen LogP contribution in [0.4, 0.5) is 0 Å². The highest BCUT2D eigenvalue weighted by Gasteiger charge is 2.25. The maximum Gasteiger partial charge on any atom is 0.0274 e. The van der Waals surface area contributed by atoms with Gasteiger partial charge in [-0.3, -0.25) is 0 Å². The Bertz CT molecular complexity index is 188.